The van der Waals surface area contributed by atoms with Crippen LogP contribution in [0.5, 0.6) is 0 Å². The lowest BCUT2D eigenvalue weighted by Gasteiger charge is -2.16. The summed E-state index contributed by atoms with van der Waals surface area (Å²) in [5, 5.41) is 2.70. The van der Waals surface area contributed by atoms with E-state index in [2.05, 4.69) is 5.32 Å². The highest BCUT2D eigenvalue weighted by Gasteiger charge is 2.47. The van der Waals surface area contributed by atoms with Crippen LogP contribution < -0.4 is 10.2 Å². The van der Waals surface area contributed by atoms with Crippen LogP contribution >= 0.6 is 0 Å². The lowest BCUT2D eigenvalue weighted by molar-refractivity contribution is -0.148. The molecule has 1 aliphatic carbocycles. The van der Waals surface area contributed by atoms with Crippen LogP contribution in [-0.2, 0) is 19.1 Å². The summed E-state index contributed by atoms with van der Waals surface area (Å²) < 4.78 is 10.4. The number of carbonyl (C=O) groups is 3. The summed E-state index contributed by atoms with van der Waals surface area (Å²) in [6.07, 6.45) is 3.64. The fourth-order valence-electron chi connectivity index (χ4n) is 3.39. The quantitative estimate of drug-likeness (QED) is 0.792. The summed E-state index contributed by atoms with van der Waals surface area (Å²) in [6.45, 7) is 0.346. The second-order valence-electron chi connectivity index (χ2n) is 6.82. The molecule has 27 heavy (non-hydrogen) atoms. The first kappa shape index (κ1) is 17.3. The van der Waals surface area contributed by atoms with Crippen LogP contribution in [0.1, 0.15) is 30.9 Å². The summed E-state index contributed by atoms with van der Waals surface area (Å²) in [5.41, 5.74) is 1.32. The van der Waals surface area contributed by atoms with E-state index >= 15 is 0 Å². The van der Waals surface area contributed by atoms with Gasteiger partial charge in [-0.25, -0.2) is 0 Å². The van der Waals surface area contributed by atoms with Crippen molar-refractivity contribution in [3.63, 3.8) is 0 Å². The number of benzene rings is 1. The molecule has 0 bridgehead atoms. The van der Waals surface area contributed by atoms with Crippen molar-refractivity contribution in [3.05, 3.63) is 48.4 Å². The molecule has 1 aliphatic heterocycles. The molecule has 7 heteroatoms. The van der Waals surface area contributed by atoms with E-state index in [1.54, 1.807) is 35.4 Å². The van der Waals surface area contributed by atoms with E-state index in [1.807, 2.05) is 12.1 Å². The molecule has 2 fully saturated rings. The van der Waals surface area contributed by atoms with Gasteiger partial charge in [0, 0.05) is 30.3 Å². The number of amides is 2. The number of ether oxygens (including phenoxy) is 1. The molecule has 1 saturated carbocycles. The maximum atomic E-state index is 12.1. The number of esters is 1. The van der Waals surface area contributed by atoms with Gasteiger partial charge in [0.15, 0.2) is 6.61 Å². The third kappa shape index (κ3) is 3.86. The van der Waals surface area contributed by atoms with Gasteiger partial charge in [0.2, 0.25) is 5.91 Å². The van der Waals surface area contributed by atoms with Gasteiger partial charge in [-0.2, -0.15) is 0 Å². The Balaban J connectivity index is 1.27. The summed E-state index contributed by atoms with van der Waals surface area (Å²) in [5.74, 6) is -0.136. The number of carbonyl (C=O) groups excluding carboxylic acids is 3. The zero-order chi connectivity index (χ0) is 18.8. The second kappa shape index (κ2) is 7.26. The molecule has 2 aliphatic rings. The summed E-state index contributed by atoms with van der Waals surface area (Å²) in [6, 6.07) is 10.7. The molecule has 4 rings (SSSR count). The van der Waals surface area contributed by atoms with Gasteiger partial charge in [0.1, 0.15) is 5.76 Å². The molecule has 7 nitrogen and oxygen atoms in total. The Morgan fingerprint density at radius 1 is 1.26 bits per heavy atom. The third-order valence-electron chi connectivity index (χ3n) is 4.86. The second-order valence-corrected chi connectivity index (χ2v) is 6.82. The summed E-state index contributed by atoms with van der Waals surface area (Å²) >= 11 is 0. The van der Waals surface area contributed by atoms with E-state index < -0.39 is 5.91 Å². The molecule has 2 amide bonds. The molecular weight excluding hydrogens is 348 g/mol. The number of hydrogen-bond donors (Lipinski definition) is 1. The van der Waals surface area contributed by atoms with Gasteiger partial charge in [0.25, 0.3) is 5.91 Å². The molecule has 2 atom stereocenters. The minimum atomic E-state index is -0.413. The van der Waals surface area contributed by atoms with Crippen LogP contribution in [0.4, 0.5) is 11.4 Å². The zero-order valence-corrected chi connectivity index (χ0v) is 14.7. The summed E-state index contributed by atoms with van der Waals surface area (Å²) in [4.78, 5) is 37.7. The number of rotatable bonds is 6. The van der Waals surface area contributed by atoms with Gasteiger partial charge in [0.05, 0.1) is 12.2 Å². The van der Waals surface area contributed by atoms with Crippen LogP contribution in [0.25, 0.3) is 0 Å². The number of anilines is 2. The number of hydrogen-bond acceptors (Lipinski definition) is 5. The van der Waals surface area contributed by atoms with Crippen LogP contribution in [0, 0.1) is 5.92 Å². The van der Waals surface area contributed by atoms with Crippen LogP contribution in [0.15, 0.2) is 47.1 Å². The van der Waals surface area contributed by atoms with Crippen molar-refractivity contribution >= 4 is 29.2 Å². The summed E-state index contributed by atoms with van der Waals surface area (Å²) in [7, 11) is 0. The standard InChI is InChI=1S/C20H20N2O5/c23-18(12-27-20(25)16-11-15(16)17-6-3-9-26-17)21-13-4-1-5-14(10-13)22-8-2-7-19(22)24/h1,3-6,9-10,15-16H,2,7-8,11-12H2,(H,21,23). The molecule has 140 valence electrons. The SMILES string of the molecule is O=C(COC(=O)C1CC1c1ccco1)Nc1cccc(N2CCCC2=O)c1. The maximum absolute atomic E-state index is 12.1. The first-order valence-electron chi connectivity index (χ1n) is 9.02. The Bertz CT molecular complexity index is 861. The molecule has 1 aromatic carbocycles. The van der Waals surface area contributed by atoms with Gasteiger partial charge in [-0.3, -0.25) is 14.4 Å². The smallest absolute Gasteiger partial charge is 0.310 e. The number of nitrogens with zero attached hydrogens (tertiary/aromatic N) is 1. The van der Waals surface area contributed by atoms with Gasteiger partial charge in [-0.1, -0.05) is 6.07 Å². The van der Waals surface area contributed by atoms with E-state index in [0.29, 0.717) is 25.1 Å². The molecule has 1 saturated heterocycles. The van der Waals surface area contributed by atoms with E-state index in [9.17, 15) is 14.4 Å². The highest BCUT2D eigenvalue weighted by molar-refractivity contribution is 5.97. The lowest BCUT2D eigenvalue weighted by Crippen LogP contribution is -2.24. The van der Waals surface area contributed by atoms with E-state index in [4.69, 9.17) is 9.15 Å². The largest absolute Gasteiger partial charge is 0.469 e. The molecule has 2 aromatic rings. The van der Waals surface area contributed by atoms with Crippen molar-refractivity contribution in [2.45, 2.75) is 25.2 Å². The minimum Gasteiger partial charge on any atom is -0.469 e. The molecule has 1 N–H and O–H groups in total. The van der Waals surface area contributed by atoms with Gasteiger partial charge >= 0.3 is 5.97 Å². The topological polar surface area (TPSA) is 88.8 Å². The fraction of sp³-hybridized carbons (Fsp3) is 0.350. The Kier molecular flexibility index (Phi) is 4.66. The minimum absolute atomic E-state index is 0.0465. The zero-order valence-electron chi connectivity index (χ0n) is 14.7. The molecule has 2 unspecified atom stereocenters. The monoisotopic (exact) mass is 368 g/mol. The number of nitrogens with one attached hydrogen (secondary N) is 1. The fourth-order valence-corrected chi connectivity index (χ4v) is 3.39. The average Bonchev–Trinajstić information content (AvgIpc) is 3.06. The molecular formula is C20H20N2O5. The van der Waals surface area contributed by atoms with Crippen LogP contribution in [-0.4, -0.2) is 30.9 Å². The Labute approximate surface area is 156 Å². The Morgan fingerprint density at radius 3 is 2.89 bits per heavy atom. The molecule has 1 aromatic heterocycles. The average molecular weight is 368 g/mol. The van der Waals surface area contributed by atoms with Crippen molar-refractivity contribution in [1.29, 1.82) is 0 Å². The first-order valence-corrected chi connectivity index (χ1v) is 9.02. The van der Waals surface area contributed by atoms with Crippen molar-refractivity contribution in [2.75, 3.05) is 23.4 Å². The Hall–Kier alpha value is -3.09. The first-order chi connectivity index (χ1) is 13.1. The van der Waals surface area contributed by atoms with Crippen LogP contribution in [0.3, 0.4) is 0 Å². The van der Waals surface area contributed by atoms with Gasteiger partial charge < -0.3 is 19.4 Å². The van der Waals surface area contributed by atoms with Crippen molar-refractivity contribution in [2.24, 2.45) is 5.92 Å². The van der Waals surface area contributed by atoms with Crippen molar-refractivity contribution < 1.29 is 23.5 Å². The van der Waals surface area contributed by atoms with E-state index in [0.717, 1.165) is 17.9 Å². The highest BCUT2D eigenvalue weighted by atomic mass is 16.5. The van der Waals surface area contributed by atoms with Crippen molar-refractivity contribution in [3.8, 4) is 0 Å². The van der Waals surface area contributed by atoms with Crippen LogP contribution in [0.2, 0.25) is 0 Å². The predicted octanol–water partition coefficient (Wildman–Crippen LogP) is 2.69. The van der Waals surface area contributed by atoms with E-state index in [1.165, 1.54) is 0 Å². The van der Waals surface area contributed by atoms with Gasteiger partial charge in [-0.15, -0.1) is 0 Å². The molecule has 0 radical (unpaired) electrons. The van der Waals surface area contributed by atoms with Gasteiger partial charge in [-0.05, 0) is 43.2 Å². The maximum Gasteiger partial charge on any atom is 0.310 e. The Morgan fingerprint density at radius 2 is 2.15 bits per heavy atom. The molecule has 2 heterocycles. The normalized spacial score (nSPS) is 21.2. The highest BCUT2D eigenvalue weighted by Crippen LogP contribution is 2.48. The number of furan rings is 1. The molecule has 0 spiro atoms. The third-order valence-corrected chi connectivity index (χ3v) is 4.86. The van der Waals surface area contributed by atoms with E-state index in [-0.39, 0.29) is 30.3 Å². The predicted molar refractivity (Wildman–Crippen MR) is 97.2 cm³/mol. The van der Waals surface area contributed by atoms with Crippen molar-refractivity contribution in [1.82, 2.24) is 0 Å². The lowest BCUT2D eigenvalue weighted by atomic mass is 10.2.